The Hall–Kier alpha value is -2.14. The van der Waals surface area contributed by atoms with Crippen LogP contribution < -0.4 is 0 Å². The van der Waals surface area contributed by atoms with Crippen LogP contribution in [-0.2, 0) is 19.1 Å². The highest BCUT2D eigenvalue weighted by Crippen LogP contribution is 2.21. The van der Waals surface area contributed by atoms with Crippen LogP contribution >= 0.6 is 0 Å². The van der Waals surface area contributed by atoms with E-state index in [0.29, 0.717) is 6.42 Å². The molecule has 3 atom stereocenters. The summed E-state index contributed by atoms with van der Waals surface area (Å²) in [6, 6.07) is 0. The second-order valence-electron chi connectivity index (χ2n) is 8.11. The van der Waals surface area contributed by atoms with E-state index in [1.165, 1.54) is 25.5 Å². The third-order valence-corrected chi connectivity index (χ3v) is 4.24. The van der Waals surface area contributed by atoms with Crippen LogP contribution in [0.3, 0.4) is 0 Å². The predicted octanol–water partition coefficient (Wildman–Crippen LogP) is 5.21. The van der Waals surface area contributed by atoms with Gasteiger partial charge in [-0.15, -0.1) is 6.58 Å². The van der Waals surface area contributed by atoms with E-state index >= 15 is 0 Å². The summed E-state index contributed by atoms with van der Waals surface area (Å²) in [5.41, 5.74) is 2.16. The zero-order valence-corrected chi connectivity index (χ0v) is 19.1. The quantitative estimate of drug-likeness (QED) is 0.356. The topological polar surface area (TPSA) is 72.8 Å². The molecule has 0 unspecified atom stereocenters. The van der Waals surface area contributed by atoms with Gasteiger partial charge in [-0.2, -0.15) is 0 Å². The molecule has 0 aliphatic carbocycles. The normalized spacial score (nSPS) is 16.3. The fourth-order valence-corrected chi connectivity index (χ4v) is 2.88. The van der Waals surface area contributed by atoms with Crippen LogP contribution in [0, 0.1) is 0 Å². The van der Waals surface area contributed by atoms with Gasteiger partial charge in [-0.1, -0.05) is 28.9 Å². The van der Waals surface area contributed by atoms with Crippen molar-refractivity contribution in [1.82, 2.24) is 0 Å². The van der Waals surface area contributed by atoms with Crippen molar-refractivity contribution in [3.8, 4) is 0 Å². The van der Waals surface area contributed by atoms with E-state index in [1.54, 1.807) is 13.0 Å². The summed E-state index contributed by atoms with van der Waals surface area (Å²) in [5.74, 6) is -0.771. The van der Waals surface area contributed by atoms with E-state index in [-0.39, 0.29) is 12.4 Å². The lowest BCUT2D eigenvalue weighted by Crippen LogP contribution is -2.29. The number of carbonyl (C=O) groups excluding carboxylic acids is 2. The molecule has 0 spiro atoms. The third-order valence-electron chi connectivity index (χ3n) is 4.24. The van der Waals surface area contributed by atoms with Crippen molar-refractivity contribution < 1.29 is 24.2 Å². The first-order valence-corrected chi connectivity index (χ1v) is 10.0. The summed E-state index contributed by atoms with van der Waals surface area (Å²) in [6.45, 7) is 16.0. The SMILES string of the molecule is C=C[C@@](C)(O)C[C@H](/C=C(\C)C[C@H](/C=C(\C)CCC=C(C)C)OC(C)=O)OC(C)=O. The van der Waals surface area contributed by atoms with Crippen LogP contribution in [0.15, 0.2) is 47.6 Å². The Kier molecular flexibility index (Phi) is 12.2. The Morgan fingerprint density at radius 2 is 1.48 bits per heavy atom. The van der Waals surface area contributed by atoms with Gasteiger partial charge in [0.2, 0.25) is 0 Å². The Bertz CT molecular complexity index is 648. The highest BCUT2D eigenvalue weighted by molar-refractivity contribution is 5.66. The van der Waals surface area contributed by atoms with Gasteiger partial charge < -0.3 is 14.6 Å². The highest BCUT2D eigenvalue weighted by Gasteiger charge is 2.23. The molecule has 0 aliphatic heterocycles. The average Bonchev–Trinajstić information content (AvgIpc) is 2.52. The van der Waals surface area contributed by atoms with Crippen LogP contribution in [0.2, 0.25) is 0 Å². The van der Waals surface area contributed by atoms with E-state index in [2.05, 4.69) is 26.5 Å². The lowest BCUT2D eigenvalue weighted by molar-refractivity contribution is -0.146. The number of hydrogen-bond acceptors (Lipinski definition) is 5. The Morgan fingerprint density at radius 3 is 1.97 bits per heavy atom. The number of rotatable bonds is 12. The van der Waals surface area contributed by atoms with Crippen molar-refractivity contribution in [3.05, 3.63) is 47.6 Å². The lowest BCUT2D eigenvalue weighted by Gasteiger charge is -2.24. The molecular weight excluding hydrogens is 368 g/mol. The fraction of sp³-hybridized carbons (Fsp3) is 0.583. The molecule has 0 bridgehead atoms. The van der Waals surface area contributed by atoms with Gasteiger partial charge in [0, 0.05) is 26.7 Å². The lowest BCUT2D eigenvalue weighted by atomic mass is 9.96. The van der Waals surface area contributed by atoms with Crippen molar-refractivity contribution in [2.45, 2.75) is 92.0 Å². The molecule has 29 heavy (non-hydrogen) atoms. The number of carbonyl (C=O) groups is 2. The average molecular weight is 407 g/mol. The molecule has 164 valence electrons. The molecule has 0 amide bonds. The van der Waals surface area contributed by atoms with E-state index in [9.17, 15) is 14.7 Å². The summed E-state index contributed by atoms with van der Waals surface area (Å²) in [7, 11) is 0. The maximum Gasteiger partial charge on any atom is 0.303 e. The molecular formula is C24H38O5. The second-order valence-corrected chi connectivity index (χ2v) is 8.11. The molecule has 0 saturated heterocycles. The van der Waals surface area contributed by atoms with Gasteiger partial charge in [0.05, 0.1) is 5.60 Å². The molecule has 0 aliphatic rings. The van der Waals surface area contributed by atoms with Crippen molar-refractivity contribution in [1.29, 1.82) is 0 Å². The Labute approximate surface area is 176 Å². The van der Waals surface area contributed by atoms with Gasteiger partial charge in [-0.05, 0) is 59.6 Å². The Morgan fingerprint density at radius 1 is 0.966 bits per heavy atom. The number of esters is 2. The summed E-state index contributed by atoms with van der Waals surface area (Å²) in [6.07, 6.45) is 8.89. The second kappa shape index (κ2) is 13.2. The minimum Gasteiger partial charge on any atom is -0.458 e. The molecule has 0 fully saturated rings. The van der Waals surface area contributed by atoms with E-state index in [4.69, 9.17) is 9.47 Å². The van der Waals surface area contributed by atoms with E-state index in [0.717, 1.165) is 24.0 Å². The first-order chi connectivity index (χ1) is 13.3. The van der Waals surface area contributed by atoms with Crippen LogP contribution in [-0.4, -0.2) is 34.9 Å². The molecule has 0 rings (SSSR count). The molecule has 5 nitrogen and oxygen atoms in total. The minimum absolute atomic E-state index is 0.198. The summed E-state index contributed by atoms with van der Waals surface area (Å²) >= 11 is 0. The molecule has 0 heterocycles. The van der Waals surface area contributed by atoms with Gasteiger partial charge in [-0.3, -0.25) is 9.59 Å². The van der Waals surface area contributed by atoms with Gasteiger partial charge in [0.15, 0.2) is 0 Å². The third kappa shape index (κ3) is 14.5. The number of hydrogen-bond donors (Lipinski definition) is 1. The zero-order valence-electron chi connectivity index (χ0n) is 19.1. The highest BCUT2D eigenvalue weighted by atomic mass is 16.5. The maximum absolute atomic E-state index is 11.5. The van der Waals surface area contributed by atoms with Crippen molar-refractivity contribution in [2.24, 2.45) is 0 Å². The van der Waals surface area contributed by atoms with Crippen LogP contribution in [0.4, 0.5) is 0 Å². The smallest absolute Gasteiger partial charge is 0.303 e. The monoisotopic (exact) mass is 406 g/mol. The molecule has 0 aromatic heterocycles. The maximum atomic E-state index is 11.5. The molecule has 0 saturated carbocycles. The largest absolute Gasteiger partial charge is 0.458 e. The van der Waals surface area contributed by atoms with Crippen molar-refractivity contribution in [2.75, 3.05) is 0 Å². The van der Waals surface area contributed by atoms with Crippen molar-refractivity contribution >= 4 is 11.9 Å². The first-order valence-electron chi connectivity index (χ1n) is 10.0. The van der Waals surface area contributed by atoms with Crippen LogP contribution in [0.5, 0.6) is 0 Å². The molecule has 0 aromatic carbocycles. The molecule has 5 heteroatoms. The summed E-state index contributed by atoms with van der Waals surface area (Å²) < 4.78 is 10.8. The molecule has 0 radical (unpaired) electrons. The zero-order chi connectivity index (χ0) is 22.6. The van der Waals surface area contributed by atoms with Gasteiger partial charge in [0.25, 0.3) is 0 Å². The van der Waals surface area contributed by atoms with Gasteiger partial charge in [-0.25, -0.2) is 0 Å². The summed E-state index contributed by atoms with van der Waals surface area (Å²) in [5, 5.41) is 10.2. The number of allylic oxidation sites excluding steroid dienone is 3. The van der Waals surface area contributed by atoms with Crippen LogP contribution in [0.25, 0.3) is 0 Å². The molecule has 1 N–H and O–H groups in total. The first kappa shape index (κ1) is 26.9. The summed E-state index contributed by atoms with van der Waals surface area (Å²) in [4.78, 5) is 22.9. The van der Waals surface area contributed by atoms with Gasteiger partial charge in [0.1, 0.15) is 12.2 Å². The Balaban J connectivity index is 5.35. The predicted molar refractivity (Wildman–Crippen MR) is 117 cm³/mol. The number of ether oxygens (including phenoxy) is 2. The standard InChI is InChI=1S/C24H38O5/c1-9-24(8,27)16-23(29-21(7)26)15-19(5)14-22(28-20(6)25)13-18(4)12-10-11-17(2)3/h9,11,13,15,22-23,27H,1,10,12,14,16H2,2-8H3/b18-13+,19-15+/t22-,23-,24+/m0/s1. The van der Waals surface area contributed by atoms with Crippen molar-refractivity contribution in [3.63, 3.8) is 0 Å². The van der Waals surface area contributed by atoms with Gasteiger partial charge >= 0.3 is 11.9 Å². The van der Waals surface area contributed by atoms with E-state index in [1.807, 2.05) is 19.9 Å². The van der Waals surface area contributed by atoms with Crippen LogP contribution in [0.1, 0.15) is 74.1 Å². The van der Waals surface area contributed by atoms with E-state index < -0.39 is 23.8 Å². The fourth-order valence-electron chi connectivity index (χ4n) is 2.88. The molecule has 0 aromatic rings. The number of aliphatic hydroxyl groups is 1. The minimum atomic E-state index is -1.16.